The molecule has 94 valence electrons. The van der Waals surface area contributed by atoms with Crippen LogP contribution in [0.2, 0.25) is 0 Å². The predicted molar refractivity (Wildman–Crippen MR) is 67.6 cm³/mol. The molecule has 0 N–H and O–H groups in total. The molecule has 2 rings (SSSR count). The third-order valence-electron chi connectivity index (χ3n) is 2.75. The smallest absolute Gasteiger partial charge is 0.171 e. The summed E-state index contributed by atoms with van der Waals surface area (Å²) in [5.41, 5.74) is 0. The van der Waals surface area contributed by atoms with Gasteiger partial charge in [-0.1, -0.05) is 0 Å². The van der Waals surface area contributed by atoms with Crippen molar-refractivity contribution in [3.05, 3.63) is 18.3 Å². The molecule has 2 heterocycles. The minimum absolute atomic E-state index is 0.161. The van der Waals surface area contributed by atoms with Gasteiger partial charge in [0.15, 0.2) is 11.6 Å². The fourth-order valence-corrected chi connectivity index (χ4v) is 1.99. The number of anilines is 1. The second kappa shape index (κ2) is 5.36. The van der Waals surface area contributed by atoms with Gasteiger partial charge < -0.3 is 14.4 Å². The van der Waals surface area contributed by atoms with Gasteiger partial charge in [0, 0.05) is 12.7 Å². The second-order valence-corrected chi connectivity index (χ2v) is 4.61. The lowest BCUT2D eigenvalue weighted by Crippen LogP contribution is -2.44. The van der Waals surface area contributed by atoms with Crippen molar-refractivity contribution in [1.82, 2.24) is 4.98 Å². The molecule has 0 aliphatic carbocycles. The molecule has 1 aromatic heterocycles. The van der Waals surface area contributed by atoms with Gasteiger partial charge in [-0.3, -0.25) is 0 Å². The van der Waals surface area contributed by atoms with Crippen molar-refractivity contribution in [2.75, 3.05) is 24.7 Å². The number of rotatable bonds is 3. The highest BCUT2D eigenvalue weighted by Crippen LogP contribution is 2.28. The Morgan fingerprint density at radius 2 is 2.35 bits per heavy atom. The molecule has 1 saturated heterocycles. The van der Waals surface area contributed by atoms with E-state index in [0.29, 0.717) is 6.04 Å². The van der Waals surface area contributed by atoms with Gasteiger partial charge in [0.05, 0.1) is 25.4 Å². The Balaban J connectivity index is 2.23. The summed E-state index contributed by atoms with van der Waals surface area (Å²) < 4.78 is 11.2. The van der Waals surface area contributed by atoms with Gasteiger partial charge in [0.25, 0.3) is 0 Å². The van der Waals surface area contributed by atoms with E-state index >= 15 is 0 Å². The van der Waals surface area contributed by atoms with E-state index in [1.54, 1.807) is 0 Å². The highest BCUT2D eigenvalue weighted by Gasteiger charge is 2.23. The fourth-order valence-electron chi connectivity index (χ4n) is 1.99. The highest BCUT2D eigenvalue weighted by molar-refractivity contribution is 5.53. The Morgan fingerprint density at radius 1 is 1.53 bits per heavy atom. The molecule has 0 unspecified atom stereocenters. The van der Waals surface area contributed by atoms with Crippen molar-refractivity contribution in [2.24, 2.45) is 0 Å². The third-order valence-corrected chi connectivity index (χ3v) is 2.75. The van der Waals surface area contributed by atoms with Crippen LogP contribution in [0.1, 0.15) is 20.8 Å². The van der Waals surface area contributed by atoms with E-state index in [0.717, 1.165) is 31.3 Å². The molecular weight excluding hydrogens is 216 g/mol. The standard InChI is InChI=1S/C13H20N2O2/c1-10(2)17-12-5-4-6-14-13(12)15-7-8-16-9-11(15)3/h4-6,10-11H,7-9H2,1-3H3/t11-/m0/s1. The average molecular weight is 236 g/mol. The van der Waals surface area contributed by atoms with Gasteiger partial charge in [-0.05, 0) is 32.9 Å². The normalized spacial score (nSPS) is 20.7. The maximum absolute atomic E-state index is 5.80. The molecule has 1 fully saturated rings. The topological polar surface area (TPSA) is 34.6 Å². The zero-order valence-electron chi connectivity index (χ0n) is 10.7. The van der Waals surface area contributed by atoms with E-state index < -0.39 is 0 Å². The van der Waals surface area contributed by atoms with Crippen LogP contribution in [0.5, 0.6) is 5.75 Å². The first kappa shape index (κ1) is 12.2. The summed E-state index contributed by atoms with van der Waals surface area (Å²) in [6, 6.07) is 4.23. The van der Waals surface area contributed by atoms with Crippen LogP contribution in [0.15, 0.2) is 18.3 Å². The van der Waals surface area contributed by atoms with E-state index in [1.165, 1.54) is 0 Å². The first-order chi connectivity index (χ1) is 8.18. The van der Waals surface area contributed by atoms with Crippen LogP contribution in [-0.4, -0.2) is 36.9 Å². The maximum atomic E-state index is 5.80. The SMILES string of the molecule is CC(C)Oc1cccnc1N1CCOC[C@@H]1C. The van der Waals surface area contributed by atoms with Crippen LogP contribution in [0.25, 0.3) is 0 Å². The van der Waals surface area contributed by atoms with Gasteiger partial charge in [-0.25, -0.2) is 4.98 Å². The van der Waals surface area contributed by atoms with Gasteiger partial charge >= 0.3 is 0 Å². The minimum atomic E-state index is 0.161. The quantitative estimate of drug-likeness (QED) is 0.805. The van der Waals surface area contributed by atoms with Crippen molar-refractivity contribution in [3.63, 3.8) is 0 Å². The Hall–Kier alpha value is -1.29. The molecule has 0 aromatic carbocycles. The fraction of sp³-hybridized carbons (Fsp3) is 0.615. The van der Waals surface area contributed by atoms with Gasteiger partial charge in [-0.15, -0.1) is 0 Å². The van der Waals surface area contributed by atoms with Crippen molar-refractivity contribution < 1.29 is 9.47 Å². The number of hydrogen-bond donors (Lipinski definition) is 0. The number of aromatic nitrogens is 1. The van der Waals surface area contributed by atoms with Gasteiger partial charge in [0.2, 0.25) is 0 Å². The van der Waals surface area contributed by atoms with Crippen LogP contribution in [0, 0.1) is 0 Å². The van der Waals surface area contributed by atoms with E-state index in [2.05, 4.69) is 16.8 Å². The summed E-state index contributed by atoms with van der Waals surface area (Å²) in [5.74, 6) is 1.79. The van der Waals surface area contributed by atoms with E-state index in [4.69, 9.17) is 9.47 Å². The molecule has 4 heteroatoms. The number of hydrogen-bond acceptors (Lipinski definition) is 4. The molecule has 0 bridgehead atoms. The zero-order chi connectivity index (χ0) is 12.3. The number of ether oxygens (including phenoxy) is 2. The molecule has 0 spiro atoms. The summed E-state index contributed by atoms with van der Waals surface area (Å²) >= 11 is 0. The van der Waals surface area contributed by atoms with Gasteiger partial charge in [0.1, 0.15) is 0 Å². The summed E-state index contributed by atoms with van der Waals surface area (Å²) in [5, 5.41) is 0. The number of morpholine rings is 1. The first-order valence-corrected chi connectivity index (χ1v) is 6.14. The largest absolute Gasteiger partial charge is 0.487 e. The van der Waals surface area contributed by atoms with Crippen LogP contribution in [0.4, 0.5) is 5.82 Å². The Kier molecular flexibility index (Phi) is 3.84. The van der Waals surface area contributed by atoms with Crippen LogP contribution in [-0.2, 0) is 4.74 Å². The molecule has 1 aliphatic rings. The van der Waals surface area contributed by atoms with Crippen LogP contribution >= 0.6 is 0 Å². The number of nitrogens with zero attached hydrogens (tertiary/aromatic N) is 2. The van der Waals surface area contributed by atoms with E-state index in [1.807, 2.05) is 32.2 Å². The average Bonchev–Trinajstić information content (AvgIpc) is 2.30. The maximum Gasteiger partial charge on any atom is 0.171 e. The molecule has 0 amide bonds. The summed E-state index contributed by atoms with van der Waals surface area (Å²) in [6.07, 6.45) is 1.97. The molecule has 1 aliphatic heterocycles. The zero-order valence-corrected chi connectivity index (χ0v) is 10.7. The molecule has 0 radical (unpaired) electrons. The monoisotopic (exact) mass is 236 g/mol. The molecular formula is C13H20N2O2. The molecule has 1 atom stereocenters. The molecule has 1 aromatic rings. The summed E-state index contributed by atoms with van der Waals surface area (Å²) in [4.78, 5) is 6.70. The van der Waals surface area contributed by atoms with Crippen molar-refractivity contribution in [2.45, 2.75) is 32.9 Å². The molecule has 0 saturated carbocycles. The van der Waals surface area contributed by atoms with Crippen molar-refractivity contribution in [1.29, 1.82) is 0 Å². The highest BCUT2D eigenvalue weighted by atomic mass is 16.5. The van der Waals surface area contributed by atoms with Crippen LogP contribution < -0.4 is 9.64 Å². The lowest BCUT2D eigenvalue weighted by molar-refractivity contribution is 0.0979. The Bertz CT molecular complexity index is 368. The molecule has 4 nitrogen and oxygen atoms in total. The lowest BCUT2D eigenvalue weighted by Gasteiger charge is -2.35. The summed E-state index contributed by atoms with van der Waals surface area (Å²) in [7, 11) is 0. The van der Waals surface area contributed by atoms with Crippen LogP contribution in [0.3, 0.4) is 0 Å². The lowest BCUT2D eigenvalue weighted by atomic mass is 10.2. The van der Waals surface area contributed by atoms with E-state index in [9.17, 15) is 0 Å². The summed E-state index contributed by atoms with van der Waals surface area (Å²) in [6.45, 7) is 8.57. The van der Waals surface area contributed by atoms with Gasteiger partial charge in [-0.2, -0.15) is 0 Å². The predicted octanol–water partition coefficient (Wildman–Crippen LogP) is 2.09. The first-order valence-electron chi connectivity index (χ1n) is 6.14. The second-order valence-electron chi connectivity index (χ2n) is 4.61. The van der Waals surface area contributed by atoms with E-state index in [-0.39, 0.29) is 6.10 Å². The third kappa shape index (κ3) is 2.88. The Labute approximate surface area is 103 Å². The molecule has 17 heavy (non-hydrogen) atoms. The number of pyridine rings is 1. The van der Waals surface area contributed by atoms with Crippen molar-refractivity contribution >= 4 is 5.82 Å². The van der Waals surface area contributed by atoms with Crippen molar-refractivity contribution in [3.8, 4) is 5.75 Å². The minimum Gasteiger partial charge on any atom is -0.487 e. The Morgan fingerprint density at radius 3 is 3.06 bits per heavy atom.